The molecule has 108 valence electrons. The first-order valence-corrected chi connectivity index (χ1v) is 6.73. The van der Waals surface area contributed by atoms with Gasteiger partial charge in [0.05, 0.1) is 26.2 Å². The molecule has 0 fully saturated rings. The summed E-state index contributed by atoms with van der Waals surface area (Å²) in [5, 5.41) is 4.49. The van der Waals surface area contributed by atoms with Crippen molar-refractivity contribution >= 4 is 16.7 Å². The van der Waals surface area contributed by atoms with Crippen LogP contribution in [0.3, 0.4) is 0 Å². The molecule has 0 aliphatic rings. The Morgan fingerprint density at radius 3 is 2.71 bits per heavy atom. The standard InChI is InChI=1S/C17H17NO3/c1-19-13-7-8-17(20-2)15(9-13)18-10-12-11-21-16-6-4-3-5-14(12)16/h3-9,11,18H,10H2,1-2H3. The van der Waals surface area contributed by atoms with E-state index in [9.17, 15) is 0 Å². The SMILES string of the molecule is COc1ccc(OC)c(NCc2coc3ccccc23)c1. The Balaban J connectivity index is 1.84. The van der Waals surface area contributed by atoms with Crippen molar-refractivity contribution in [2.45, 2.75) is 6.54 Å². The van der Waals surface area contributed by atoms with Gasteiger partial charge in [-0.05, 0) is 18.2 Å². The molecule has 2 aromatic carbocycles. The number of para-hydroxylation sites is 1. The van der Waals surface area contributed by atoms with Crippen LogP contribution in [0.5, 0.6) is 11.5 Å². The van der Waals surface area contributed by atoms with E-state index in [4.69, 9.17) is 13.9 Å². The zero-order chi connectivity index (χ0) is 14.7. The molecule has 0 bridgehead atoms. The van der Waals surface area contributed by atoms with Crippen LogP contribution >= 0.6 is 0 Å². The molecule has 4 nitrogen and oxygen atoms in total. The fourth-order valence-corrected chi connectivity index (χ4v) is 2.31. The largest absolute Gasteiger partial charge is 0.497 e. The molecule has 0 aliphatic heterocycles. The Kier molecular flexibility index (Phi) is 3.69. The minimum atomic E-state index is 0.653. The monoisotopic (exact) mass is 283 g/mol. The molecule has 0 saturated carbocycles. The fraction of sp³-hybridized carbons (Fsp3) is 0.176. The number of methoxy groups -OCH3 is 2. The van der Waals surface area contributed by atoms with Gasteiger partial charge >= 0.3 is 0 Å². The van der Waals surface area contributed by atoms with E-state index in [0.29, 0.717) is 6.54 Å². The third-order valence-electron chi connectivity index (χ3n) is 3.44. The van der Waals surface area contributed by atoms with E-state index in [2.05, 4.69) is 11.4 Å². The van der Waals surface area contributed by atoms with E-state index in [1.54, 1.807) is 20.5 Å². The van der Waals surface area contributed by atoms with Crippen LogP contribution in [0.25, 0.3) is 11.0 Å². The van der Waals surface area contributed by atoms with Crippen LogP contribution in [0, 0.1) is 0 Å². The van der Waals surface area contributed by atoms with Crippen molar-refractivity contribution in [3.05, 3.63) is 54.3 Å². The lowest BCUT2D eigenvalue weighted by molar-refractivity contribution is 0.404. The average Bonchev–Trinajstić information content (AvgIpc) is 2.96. The number of ether oxygens (including phenoxy) is 2. The van der Waals surface area contributed by atoms with E-state index in [1.165, 1.54) is 0 Å². The van der Waals surface area contributed by atoms with Crippen LogP contribution in [0.4, 0.5) is 5.69 Å². The van der Waals surface area contributed by atoms with Crippen molar-refractivity contribution in [3.63, 3.8) is 0 Å². The Morgan fingerprint density at radius 2 is 1.90 bits per heavy atom. The summed E-state index contributed by atoms with van der Waals surface area (Å²) in [5.41, 5.74) is 2.89. The van der Waals surface area contributed by atoms with Crippen LogP contribution in [-0.2, 0) is 6.54 Å². The predicted molar refractivity (Wildman–Crippen MR) is 83.1 cm³/mol. The van der Waals surface area contributed by atoms with Gasteiger partial charge in [0.1, 0.15) is 17.1 Å². The maximum atomic E-state index is 5.54. The van der Waals surface area contributed by atoms with Crippen molar-refractivity contribution in [1.29, 1.82) is 0 Å². The van der Waals surface area contributed by atoms with Gasteiger partial charge in [0.2, 0.25) is 0 Å². The van der Waals surface area contributed by atoms with Gasteiger partial charge in [0.15, 0.2) is 0 Å². The predicted octanol–water partition coefficient (Wildman–Crippen LogP) is 4.06. The van der Waals surface area contributed by atoms with Crippen LogP contribution < -0.4 is 14.8 Å². The number of benzene rings is 2. The second-order valence-electron chi connectivity index (χ2n) is 4.68. The summed E-state index contributed by atoms with van der Waals surface area (Å²) in [6.07, 6.45) is 1.78. The third-order valence-corrected chi connectivity index (χ3v) is 3.44. The smallest absolute Gasteiger partial charge is 0.142 e. The van der Waals surface area contributed by atoms with Gasteiger partial charge in [-0.25, -0.2) is 0 Å². The van der Waals surface area contributed by atoms with Gasteiger partial charge in [-0.2, -0.15) is 0 Å². The normalized spacial score (nSPS) is 10.6. The van der Waals surface area contributed by atoms with Crippen molar-refractivity contribution in [2.24, 2.45) is 0 Å². The molecule has 3 aromatic rings. The Labute approximate surface area is 123 Å². The summed E-state index contributed by atoms with van der Waals surface area (Å²) < 4.78 is 16.2. The van der Waals surface area contributed by atoms with E-state index in [-0.39, 0.29) is 0 Å². The summed E-state index contributed by atoms with van der Waals surface area (Å²) in [6.45, 7) is 0.653. The van der Waals surface area contributed by atoms with Crippen molar-refractivity contribution in [3.8, 4) is 11.5 Å². The minimum absolute atomic E-state index is 0.653. The first-order chi connectivity index (χ1) is 10.3. The molecule has 3 rings (SSSR count). The average molecular weight is 283 g/mol. The summed E-state index contributed by atoms with van der Waals surface area (Å²) in [4.78, 5) is 0. The topological polar surface area (TPSA) is 43.6 Å². The van der Waals surface area contributed by atoms with E-state index >= 15 is 0 Å². The highest BCUT2D eigenvalue weighted by molar-refractivity contribution is 5.81. The summed E-state index contributed by atoms with van der Waals surface area (Å²) in [6, 6.07) is 13.7. The van der Waals surface area contributed by atoms with Crippen molar-refractivity contribution in [1.82, 2.24) is 0 Å². The Morgan fingerprint density at radius 1 is 1.05 bits per heavy atom. The van der Waals surface area contributed by atoms with Crippen LogP contribution in [0.2, 0.25) is 0 Å². The number of hydrogen-bond donors (Lipinski definition) is 1. The minimum Gasteiger partial charge on any atom is -0.497 e. The highest BCUT2D eigenvalue weighted by Crippen LogP contribution is 2.30. The molecule has 1 heterocycles. The number of hydrogen-bond acceptors (Lipinski definition) is 4. The third kappa shape index (κ3) is 2.65. The molecule has 0 spiro atoms. The molecule has 1 N–H and O–H groups in total. The van der Waals surface area contributed by atoms with Crippen LogP contribution in [0.1, 0.15) is 5.56 Å². The van der Waals surface area contributed by atoms with Gasteiger partial charge in [-0.3, -0.25) is 0 Å². The molecule has 0 saturated heterocycles. The quantitative estimate of drug-likeness (QED) is 0.766. The van der Waals surface area contributed by atoms with Gasteiger partial charge < -0.3 is 19.2 Å². The van der Waals surface area contributed by atoms with Gasteiger partial charge in [-0.1, -0.05) is 18.2 Å². The second kappa shape index (κ2) is 5.79. The van der Waals surface area contributed by atoms with Gasteiger partial charge in [0, 0.05) is 23.6 Å². The molecule has 0 unspecified atom stereocenters. The summed E-state index contributed by atoms with van der Waals surface area (Å²) >= 11 is 0. The zero-order valence-corrected chi connectivity index (χ0v) is 12.1. The summed E-state index contributed by atoms with van der Waals surface area (Å²) in [5.74, 6) is 1.57. The Hall–Kier alpha value is -2.62. The lowest BCUT2D eigenvalue weighted by Crippen LogP contribution is -2.01. The van der Waals surface area contributed by atoms with E-state index in [0.717, 1.165) is 33.7 Å². The highest BCUT2D eigenvalue weighted by atomic mass is 16.5. The first kappa shape index (κ1) is 13.4. The van der Waals surface area contributed by atoms with E-state index < -0.39 is 0 Å². The van der Waals surface area contributed by atoms with Crippen molar-refractivity contribution < 1.29 is 13.9 Å². The van der Waals surface area contributed by atoms with Gasteiger partial charge in [0.25, 0.3) is 0 Å². The molecule has 0 atom stereocenters. The molecule has 21 heavy (non-hydrogen) atoms. The molecule has 0 amide bonds. The van der Waals surface area contributed by atoms with Crippen LogP contribution in [-0.4, -0.2) is 14.2 Å². The second-order valence-corrected chi connectivity index (χ2v) is 4.68. The van der Waals surface area contributed by atoms with Gasteiger partial charge in [-0.15, -0.1) is 0 Å². The molecule has 0 aliphatic carbocycles. The number of fused-ring (bicyclic) bond motifs is 1. The molecule has 1 aromatic heterocycles. The number of nitrogens with one attached hydrogen (secondary N) is 1. The van der Waals surface area contributed by atoms with E-state index in [1.807, 2.05) is 36.4 Å². The summed E-state index contributed by atoms with van der Waals surface area (Å²) in [7, 11) is 3.30. The molecular formula is C17H17NO3. The lowest BCUT2D eigenvalue weighted by Gasteiger charge is -2.12. The molecular weight excluding hydrogens is 266 g/mol. The number of anilines is 1. The maximum absolute atomic E-state index is 5.54. The Bertz CT molecular complexity index is 749. The zero-order valence-electron chi connectivity index (χ0n) is 12.1. The molecule has 0 radical (unpaired) electrons. The first-order valence-electron chi connectivity index (χ1n) is 6.73. The van der Waals surface area contributed by atoms with Crippen molar-refractivity contribution in [2.75, 3.05) is 19.5 Å². The van der Waals surface area contributed by atoms with Crippen LogP contribution in [0.15, 0.2) is 53.1 Å². The molecule has 4 heteroatoms. The fourth-order valence-electron chi connectivity index (χ4n) is 2.31. The number of furan rings is 1. The maximum Gasteiger partial charge on any atom is 0.142 e. The lowest BCUT2D eigenvalue weighted by atomic mass is 10.1. The highest BCUT2D eigenvalue weighted by Gasteiger charge is 2.08. The number of rotatable bonds is 5.